The summed E-state index contributed by atoms with van der Waals surface area (Å²) in [6.07, 6.45) is 5.69. The van der Waals surface area contributed by atoms with Gasteiger partial charge in [0.25, 0.3) is 0 Å². The van der Waals surface area contributed by atoms with Crippen LogP contribution in [0.3, 0.4) is 0 Å². The van der Waals surface area contributed by atoms with E-state index in [1.807, 2.05) is 6.20 Å². The molecule has 0 spiro atoms. The molecule has 0 aliphatic carbocycles. The summed E-state index contributed by atoms with van der Waals surface area (Å²) in [5.74, 6) is 1.05. The third-order valence-corrected chi connectivity index (χ3v) is 1.32. The topological polar surface area (TPSA) is 40.7 Å². The van der Waals surface area contributed by atoms with Crippen LogP contribution in [-0.2, 0) is 6.42 Å². The maximum absolute atomic E-state index is 4.08. The summed E-state index contributed by atoms with van der Waals surface area (Å²) in [6, 6.07) is 0. The van der Waals surface area contributed by atoms with Gasteiger partial charge in [-0.05, 0) is 13.0 Å². The molecule has 3 nitrogen and oxygen atoms in total. The molecular formula is C7H12N3. The van der Waals surface area contributed by atoms with Crippen molar-refractivity contribution >= 4 is 0 Å². The van der Waals surface area contributed by atoms with Gasteiger partial charge in [-0.2, -0.15) is 0 Å². The van der Waals surface area contributed by atoms with Gasteiger partial charge < -0.3 is 10.3 Å². The molecule has 10 heavy (non-hydrogen) atoms. The molecule has 1 rings (SSSR count). The second-order valence-electron chi connectivity index (χ2n) is 2.14. The minimum absolute atomic E-state index is 0.945. The fourth-order valence-corrected chi connectivity index (χ4v) is 0.816. The first-order valence-corrected chi connectivity index (χ1v) is 3.41. The van der Waals surface area contributed by atoms with Crippen molar-refractivity contribution in [2.24, 2.45) is 0 Å². The van der Waals surface area contributed by atoms with Gasteiger partial charge in [-0.3, -0.25) is 0 Å². The van der Waals surface area contributed by atoms with Gasteiger partial charge in [-0.1, -0.05) is 0 Å². The number of aryl methyl sites for hydroxylation is 1. The minimum atomic E-state index is 0.945. The van der Waals surface area contributed by atoms with E-state index >= 15 is 0 Å². The van der Waals surface area contributed by atoms with E-state index in [0.717, 1.165) is 25.2 Å². The van der Waals surface area contributed by atoms with Crippen molar-refractivity contribution in [3.63, 3.8) is 0 Å². The van der Waals surface area contributed by atoms with Gasteiger partial charge in [0, 0.05) is 25.9 Å². The second-order valence-corrected chi connectivity index (χ2v) is 2.14. The number of nitrogens with zero attached hydrogens (tertiary/aromatic N) is 1. The lowest BCUT2D eigenvalue weighted by Gasteiger charge is -1.94. The van der Waals surface area contributed by atoms with Crippen LogP contribution in [-0.4, -0.2) is 16.5 Å². The number of nitrogens with one attached hydrogen (secondary N) is 2. The lowest BCUT2D eigenvalue weighted by molar-refractivity contribution is 0.728. The molecule has 1 radical (unpaired) electrons. The van der Waals surface area contributed by atoms with E-state index in [9.17, 15) is 0 Å². The van der Waals surface area contributed by atoms with E-state index in [2.05, 4.69) is 22.3 Å². The number of aromatic amines is 1. The molecule has 0 bridgehead atoms. The zero-order valence-electron chi connectivity index (χ0n) is 5.93. The molecule has 0 saturated heterocycles. The molecule has 0 amide bonds. The van der Waals surface area contributed by atoms with Crippen LogP contribution in [0.2, 0.25) is 0 Å². The zero-order chi connectivity index (χ0) is 7.23. The van der Waals surface area contributed by atoms with Gasteiger partial charge in [0.2, 0.25) is 0 Å². The molecule has 55 valence electrons. The summed E-state index contributed by atoms with van der Waals surface area (Å²) in [6.45, 7) is 0.945. The molecule has 1 aromatic heterocycles. The average molecular weight is 138 g/mol. The average Bonchev–Trinajstić information content (AvgIpc) is 2.41. The normalized spacial score (nSPS) is 10.1. The predicted octanol–water partition coefficient (Wildman–Crippen LogP) is 0.723. The molecule has 0 aliphatic rings. The van der Waals surface area contributed by atoms with Gasteiger partial charge >= 0.3 is 0 Å². The SMILES string of the molecule is [CH2]NCCCc1ncc[nH]1. The van der Waals surface area contributed by atoms with Gasteiger partial charge in [0.05, 0.1) is 0 Å². The molecule has 0 aromatic carbocycles. The summed E-state index contributed by atoms with van der Waals surface area (Å²) < 4.78 is 0. The molecule has 0 saturated carbocycles. The highest BCUT2D eigenvalue weighted by atomic mass is 14.9. The summed E-state index contributed by atoms with van der Waals surface area (Å²) in [7, 11) is 3.52. The van der Waals surface area contributed by atoms with Crippen LogP contribution in [0.4, 0.5) is 0 Å². The van der Waals surface area contributed by atoms with Crippen molar-refractivity contribution < 1.29 is 0 Å². The van der Waals surface area contributed by atoms with E-state index in [-0.39, 0.29) is 0 Å². The highest BCUT2D eigenvalue weighted by Gasteiger charge is 1.91. The van der Waals surface area contributed by atoms with Crippen LogP contribution >= 0.6 is 0 Å². The van der Waals surface area contributed by atoms with Crippen LogP contribution in [0.25, 0.3) is 0 Å². The van der Waals surface area contributed by atoms with Crippen LogP contribution in [0.15, 0.2) is 12.4 Å². The van der Waals surface area contributed by atoms with E-state index < -0.39 is 0 Å². The van der Waals surface area contributed by atoms with Crippen molar-refractivity contribution in [1.29, 1.82) is 0 Å². The van der Waals surface area contributed by atoms with Gasteiger partial charge in [-0.15, -0.1) is 0 Å². The minimum Gasteiger partial charge on any atom is -0.349 e. The number of rotatable bonds is 4. The van der Waals surface area contributed by atoms with Gasteiger partial charge in [0.15, 0.2) is 0 Å². The fraction of sp³-hybridized carbons (Fsp3) is 0.429. The Bertz CT molecular complexity index is 157. The summed E-state index contributed by atoms with van der Waals surface area (Å²) in [4.78, 5) is 7.12. The molecule has 0 unspecified atom stereocenters. The zero-order valence-corrected chi connectivity index (χ0v) is 5.93. The highest BCUT2D eigenvalue weighted by Crippen LogP contribution is 1.92. The predicted molar refractivity (Wildman–Crippen MR) is 40.3 cm³/mol. The Labute approximate surface area is 60.9 Å². The van der Waals surface area contributed by atoms with Crippen LogP contribution in [0, 0.1) is 7.05 Å². The molecule has 0 aliphatic heterocycles. The third-order valence-electron chi connectivity index (χ3n) is 1.32. The number of hydrogen-bond donors (Lipinski definition) is 2. The van der Waals surface area contributed by atoms with Gasteiger partial charge in [-0.25, -0.2) is 4.98 Å². The number of hydrogen-bond acceptors (Lipinski definition) is 2. The van der Waals surface area contributed by atoms with Crippen LogP contribution in [0.5, 0.6) is 0 Å². The van der Waals surface area contributed by atoms with Crippen LogP contribution < -0.4 is 5.32 Å². The van der Waals surface area contributed by atoms with Crippen LogP contribution in [0.1, 0.15) is 12.2 Å². The van der Waals surface area contributed by atoms with Gasteiger partial charge in [0.1, 0.15) is 5.82 Å². The molecule has 0 fully saturated rings. The van der Waals surface area contributed by atoms with Crippen molar-refractivity contribution in [2.45, 2.75) is 12.8 Å². The van der Waals surface area contributed by atoms with Crippen molar-refractivity contribution in [2.75, 3.05) is 6.54 Å². The van der Waals surface area contributed by atoms with Crippen molar-refractivity contribution in [3.8, 4) is 0 Å². The Morgan fingerprint density at radius 1 is 1.70 bits per heavy atom. The number of imidazole rings is 1. The first kappa shape index (κ1) is 7.28. The largest absolute Gasteiger partial charge is 0.349 e. The van der Waals surface area contributed by atoms with E-state index in [0.29, 0.717) is 0 Å². The van der Waals surface area contributed by atoms with E-state index in [4.69, 9.17) is 0 Å². The standard InChI is InChI=1S/C7H12N3/c1-8-4-2-3-7-9-5-6-10-7/h5-6,8H,1-4H2,(H,9,10). The Kier molecular flexibility index (Phi) is 2.96. The number of aromatic nitrogens is 2. The Hall–Kier alpha value is -0.830. The Morgan fingerprint density at radius 3 is 3.20 bits per heavy atom. The Balaban J connectivity index is 2.15. The van der Waals surface area contributed by atoms with E-state index in [1.165, 1.54) is 0 Å². The highest BCUT2D eigenvalue weighted by molar-refractivity contribution is 4.86. The maximum Gasteiger partial charge on any atom is 0.106 e. The molecular weight excluding hydrogens is 126 g/mol. The molecule has 1 aromatic rings. The lowest BCUT2D eigenvalue weighted by Crippen LogP contribution is -2.06. The van der Waals surface area contributed by atoms with Crippen molar-refractivity contribution in [3.05, 3.63) is 25.3 Å². The maximum atomic E-state index is 4.08. The first-order chi connectivity index (χ1) is 4.93. The molecule has 3 heteroatoms. The fourth-order valence-electron chi connectivity index (χ4n) is 0.816. The second kappa shape index (κ2) is 4.06. The summed E-state index contributed by atoms with van der Waals surface area (Å²) >= 11 is 0. The molecule has 1 heterocycles. The first-order valence-electron chi connectivity index (χ1n) is 3.41. The summed E-state index contributed by atoms with van der Waals surface area (Å²) in [5.41, 5.74) is 0. The monoisotopic (exact) mass is 138 g/mol. The molecule has 2 N–H and O–H groups in total. The Morgan fingerprint density at radius 2 is 2.60 bits per heavy atom. The number of H-pyrrole nitrogens is 1. The smallest absolute Gasteiger partial charge is 0.106 e. The lowest BCUT2D eigenvalue weighted by atomic mass is 10.3. The quantitative estimate of drug-likeness (QED) is 0.602. The summed E-state index contributed by atoms with van der Waals surface area (Å²) in [5, 5.41) is 2.84. The third kappa shape index (κ3) is 2.19. The van der Waals surface area contributed by atoms with E-state index in [1.54, 1.807) is 6.20 Å². The molecule has 0 atom stereocenters. The van der Waals surface area contributed by atoms with Crippen molar-refractivity contribution in [1.82, 2.24) is 15.3 Å².